The quantitative estimate of drug-likeness (QED) is 0.885. The summed E-state index contributed by atoms with van der Waals surface area (Å²) in [7, 11) is -3.65. The van der Waals surface area contributed by atoms with E-state index in [0.29, 0.717) is 19.4 Å². The van der Waals surface area contributed by atoms with Gasteiger partial charge in [-0.1, -0.05) is 23.4 Å². The molecule has 7 nitrogen and oxygen atoms in total. The predicted octanol–water partition coefficient (Wildman–Crippen LogP) is 0.411. The summed E-state index contributed by atoms with van der Waals surface area (Å²) < 4.78 is 28.3. The molecule has 2 aliphatic rings. The van der Waals surface area contributed by atoms with Gasteiger partial charge in [0.1, 0.15) is 0 Å². The second-order valence-electron chi connectivity index (χ2n) is 5.78. The van der Waals surface area contributed by atoms with Gasteiger partial charge in [0.05, 0.1) is 18.0 Å². The average molecular weight is 320 g/mol. The fourth-order valence-corrected chi connectivity index (χ4v) is 4.87. The lowest BCUT2D eigenvalue weighted by molar-refractivity contribution is -0.00353. The Balaban J connectivity index is 1.63. The third-order valence-electron chi connectivity index (χ3n) is 4.59. The highest BCUT2D eigenvalue weighted by Crippen LogP contribution is 2.42. The van der Waals surface area contributed by atoms with Crippen LogP contribution in [-0.4, -0.2) is 51.5 Å². The van der Waals surface area contributed by atoms with Crippen LogP contribution in [0, 0.1) is 5.92 Å². The molecule has 1 saturated carbocycles. The largest absolute Gasteiger partial charge is 0.393 e. The number of aliphatic hydroxyl groups is 1. The topological polar surface area (TPSA) is 88.3 Å². The summed E-state index contributed by atoms with van der Waals surface area (Å²) in [6.07, 6.45) is 2.28. The lowest BCUT2D eigenvalue weighted by Crippen LogP contribution is -2.50. The van der Waals surface area contributed by atoms with Gasteiger partial charge in [0.25, 0.3) is 10.0 Å². The Kier molecular flexibility index (Phi) is 3.07. The zero-order chi connectivity index (χ0) is 15.3. The Morgan fingerprint density at radius 1 is 1.23 bits per heavy atom. The molecule has 1 aromatic heterocycles. The maximum absolute atomic E-state index is 12.7. The van der Waals surface area contributed by atoms with Crippen molar-refractivity contribution in [2.75, 3.05) is 6.54 Å². The number of para-hydroxylation sites is 1. The van der Waals surface area contributed by atoms with Crippen molar-refractivity contribution in [2.45, 2.75) is 30.0 Å². The second kappa shape index (κ2) is 4.87. The second-order valence-corrected chi connectivity index (χ2v) is 7.61. The van der Waals surface area contributed by atoms with Crippen molar-refractivity contribution in [1.29, 1.82) is 0 Å². The number of benzene rings is 1. The first-order valence-corrected chi connectivity index (χ1v) is 8.69. The van der Waals surface area contributed by atoms with Crippen molar-refractivity contribution in [2.24, 2.45) is 5.92 Å². The molecule has 1 saturated heterocycles. The molecular weight excluding hydrogens is 304 g/mol. The number of sulfonamides is 1. The Bertz CT molecular complexity index is 789. The highest BCUT2D eigenvalue weighted by atomic mass is 32.2. The van der Waals surface area contributed by atoms with Crippen LogP contribution in [0.3, 0.4) is 0 Å². The molecule has 0 bridgehead atoms. The van der Waals surface area contributed by atoms with Gasteiger partial charge in [-0.3, -0.25) is 0 Å². The summed E-state index contributed by atoms with van der Waals surface area (Å²) in [5, 5.41) is 17.4. The van der Waals surface area contributed by atoms with Gasteiger partial charge in [-0.15, -0.1) is 5.10 Å². The Morgan fingerprint density at radius 2 is 2.00 bits per heavy atom. The van der Waals surface area contributed by atoms with E-state index in [2.05, 4.69) is 10.3 Å². The summed E-state index contributed by atoms with van der Waals surface area (Å²) >= 11 is 0. The van der Waals surface area contributed by atoms with Crippen molar-refractivity contribution >= 4 is 10.0 Å². The summed E-state index contributed by atoms with van der Waals surface area (Å²) in [6, 6.07) is 9.16. The van der Waals surface area contributed by atoms with Crippen molar-refractivity contribution in [3.8, 4) is 5.69 Å². The van der Waals surface area contributed by atoms with Crippen LogP contribution in [0.15, 0.2) is 41.6 Å². The van der Waals surface area contributed by atoms with Gasteiger partial charge in [-0.25, -0.2) is 13.1 Å². The fraction of sp³-hybridized carbons (Fsp3) is 0.429. The zero-order valence-corrected chi connectivity index (χ0v) is 12.6. The summed E-state index contributed by atoms with van der Waals surface area (Å²) in [6.45, 7) is 0.437. The lowest BCUT2D eigenvalue weighted by atomic mass is 9.78. The van der Waals surface area contributed by atoms with Crippen molar-refractivity contribution in [3.63, 3.8) is 0 Å². The van der Waals surface area contributed by atoms with Gasteiger partial charge < -0.3 is 5.11 Å². The molecule has 0 spiro atoms. The van der Waals surface area contributed by atoms with E-state index in [9.17, 15) is 13.5 Å². The van der Waals surface area contributed by atoms with Gasteiger partial charge in [0.2, 0.25) is 5.03 Å². The lowest BCUT2D eigenvalue weighted by Gasteiger charge is -2.39. The molecule has 3 atom stereocenters. The molecule has 1 aliphatic carbocycles. The summed E-state index contributed by atoms with van der Waals surface area (Å²) in [5.41, 5.74) is 0.759. The van der Waals surface area contributed by atoms with Crippen LogP contribution in [-0.2, 0) is 10.0 Å². The standard InChI is InChI=1S/C14H16N4O3S/c19-13-8-12-11(13)6-7-18(12)22(20,21)14-9-17(16-15-14)10-4-2-1-3-5-10/h1-5,9,11-13,19H,6-8H2/t11-,12-,13+/m0/s1. The van der Waals surface area contributed by atoms with Crippen molar-refractivity contribution < 1.29 is 13.5 Å². The first kappa shape index (κ1) is 13.9. The van der Waals surface area contributed by atoms with Crippen molar-refractivity contribution in [1.82, 2.24) is 19.3 Å². The number of aromatic nitrogens is 3. The van der Waals surface area contributed by atoms with E-state index in [-0.39, 0.29) is 23.1 Å². The molecule has 2 fully saturated rings. The minimum atomic E-state index is -3.65. The van der Waals surface area contributed by atoms with Crippen LogP contribution in [0.5, 0.6) is 0 Å². The van der Waals surface area contributed by atoms with Gasteiger partial charge in [-0.2, -0.15) is 4.31 Å². The zero-order valence-electron chi connectivity index (χ0n) is 11.8. The van der Waals surface area contributed by atoms with E-state index in [1.54, 1.807) is 0 Å². The Hall–Kier alpha value is -1.77. The summed E-state index contributed by atoms with van der Waals surface area (Å²) in [4.78, 5) is 0. The Morgan fingerprint density at radius 3 is 2.68 bits per heavy atom. The normalized spacial score (nSPS) is 28.3. The van der Waals surface area contributed by atoms with E-state index in [1.807, 2.05) is 30.3 Å². The third kappa shape index (κ3) is 1.98. The van der Waals surface area contributed by atoms with E-state index >= 15 is 0 Å². The Labute approximate surface area is 128 Å². The average Bonchev–Trinajstić information content (AvgIpc) is 3.13. The van der Waals surface area contributed by atoms with Crippen LogP contribution in [0.25, 0.3) is 5.69 Å². The van der Waals surface area contributed by atoms with Crippen LogP contribution in [0.4, 0.5) is 0 Å². The van der Waals surface area contributed by atoms with Gasteiger partial charge in [0.15, 0.2) is 0 Å². The molecule has 8 heteroatoms. The van der Waals surface area contributed by atoms with E-state index in [0.717, 1.165) is 5.69 Å². The first-order valence-electron chi connectivity index (χ1n) is 7.25. The fourth-order valence-electron chi connectivity index (χ4n) is 3.31. The smallest absolute Gasteiger partial charge is 0.264 e. The molecule has 2 aromatic rings. The molecule has 1 aliphatic heterocycles. The molecule has 1 aromatic carbocycles. The SMILES string of the molecule is O=S(=O)(c1cn(-c2ccccc2)nn1)N1CC[C@@H]2[C@H](O)C[C@@H]21. The van der Waals surface area contributed by atoms with E-state index < -0.39 is 10.0 Å². The molecule has 4 rings (SSSR count). The minimum Gasteiger partial charge on any atom is -0.393 e. The van der Waals surface area contributed by atoms with Gasteiger partial charge in [0, 0.05) is 18.5 Å². The predicted molar refractivity (Wildman–Crippen MR) is 77.8 cm³/mol. The molecule has 22 heavy (non-hydrogen) atoms. The van der Waals surface area contributed by atoms with Gasteiger partial charge >= 0.3 is 0 Å². The molecule has 116 valence electrons. The maximum atomic E-state index is 12.7. The summed E-state index contributed by atoms with van der Waals surface area (Å²) in [5.74, 6) is 0.0685. The number of fused-ring (bicyclic) bond motifs is 1. The van der Waals surface area contributed by atoms with E-state index in [1.165, 1.54) is 15.2 Å². The molecule has 1 N–H and O–H groups in total. The third-order valence-corrected chi connectivity index (χ3v) is 6.38. The highest BCUT2D eigenvalue weighted by molar-refractivity contribution is 7.89. The van der Waals surface area contributed by atoms with Gasteiger partial charge in [-0.05, 0) is 25.0 Å². The highest BCUT2D eigenvalue weighted by Gasteiger charge is 2.52. The number of nitrogens with zero attached hydrogens (tertiary/aromatic N) is 4. The molecule has 0 unspecified atom stereocenters. The van der Waals surface area contributed by atoms with Crippen LogP contribution >= 0.6 is 0 Å². The maximum Gasteiger partial charge on any atom is 0.264 e. The number of hydrogen-bond acceptors (Lipinski definition) is 5. The monoisotopic (exact) mass is 320 g/mol. The molecule has 0 radical (unpaired) electrons. The van der Waals surface area contributed by atoms with Crippen molar-refractivity contribution in [3.05, 3.63) is 36.5 Å². The van der Waals surface area contributed by atoms with Crippen LogP contribution in [0.2, 0.25) is 0 Å². The number of rotatable bonds is 3. The molecule has 2 heterocycles. The number of aliphatic hydroxyl groups excluding tert-OH is 1. The van der Waals surface area contributed by atoms with E-state index in [4.69, 9.17) is 0 Å². The van der Waals surface area contributed by atoms with Crippen LogP contribution < -0.4 is 0 Å². The van der Waals surface area contributed by atoms with Crippen LogP contribution in [0.1, 0.15) is 12.8 Å². The molecular formula is C14H16N4O3S. The first-order chi connectivity index (χ1) is 10.6. The molecule has 0 amide bonds. The minimum absolute atomic E-state index is 0.0432. The number of hydrogen-bond donors (Lipinski definition) is 1.